The largest absolute Gasteiger partial charge is 0.329 e. The Kier molecular flexibility index (Phi) is 5.86. The average Bonchev–Trinajstić information content (AvgIpc) is 2.26. The zero-order valence-electron chi connectivity index (χ0n) is 8.84. The summed E-state index contributed by atoms with van der Waals surface area (Å²) in [6.45, 7) is 1.23. The van der Waals surface area contributed by atoms with Crippen LogP contribution in [0, 0.1) is 12.3 Å². The van der Waals surface area contributed by atoms with Crippen LogP contribution >= 0.6 is 27.5 Å². The summed E-state index contributed by atoms with van der Waals surface area (Å²) in [5.74, 6) is 2.58. The maximum Gasteiger partial charge on any atom is 0.0465 e. The molecule has 0 aliphatic heterocycles. The van der Waals surface area contributed by atoms with Gasteiger partial charge in [-0.2, -0.15) is 0 Å². The number of hydrogen-bond acceptors (Lipinski definition) is 2. The molecule has 4 heteroatoms. The number of hydrogen-bond donors (Lipinski definition) is 2. The van der Waals surface area contributed by atoms with E-state index >= 15 is 0 Å². The Hall–Kier alpha value is -0.530. The lowest BCUT2D eigenvalue weighted by Crippen LogP contribution is -2.29. The predicted molar refractivity (Wildman–Crippen MR) is 72.4 cm³/mol. The van der Waals surface area contributed by atoms with Crippen LogP contribution in [0.25, 0.3) is 0 Å². The normalized spacial score (nSPS) is 12.1. The Balaban J connectivity index is 2.75. The molecule has 0 amide bonds. The van der Waals surface area contributed by atoms with Crippen LogP contribution in [0.1, 0.15) is 18.0 Å². The molecular formula is C12H14BrClN2. The molecule has 1 aromatic carbocycles. The van der Waals surface area contributed by atoms with Gasteiger partial charge < -0.3 is 11.1 Å². The van der Waals surface area contributed by atoms with Crippen molar-refractivity contribution in [3.63, 3.8) is 0 Å². The van der Waals surface area contributed by atoms with Crippen LogP contribution < -0.4 is 11.1 Å². The molecule has 0 aliphatic carbocycles. The number of nitrogens with two attached hydrogens (primary N) is 1. The molecule has 0 spiro atoms. The summed E-state index contributed by atoms with van der Waals surface area (Å²) in [6.07, 6.45) is 5.88. The molecule has 1 atom stereocenters. The topological polar surface area (TPSA) is 38.0 Å². The third-order valence-corrected chi connectivity index (χ3v) is 3.05. The van der Waals surface area contributed by atoms with E-state index in [1.165, 1.54) is 0 Å². The van der Waals surface area contributed by atoms with E-state index in [0.29, 0.717) is 18.0 Å². The molecule has 0 radical (unpaired) electrons. The summed E-state index contributed by atoms with van der Waals surface area (Å²) in [5.41, 5.74) is 6.71. The highest BCUT2D eigenvalue weighted by Gasteiger charge is 2.12. The Bertz CT molecular complexity index is 387. The fourth-order valence-corrected chi connectivity index (χ4v) is 2.23. The van der Waals surface area contributed by atoms with Crippen LogP contribution in [-0.4, -0.2) is 13.1 Å². The van der Waals surface area contributed by atoms with Gasteiger partial charge in [-0.25, -0.2) is 0 Å². The van der Waals surface area contributed by atoms with Gasteiger partial charge in [0.15, 0.2) is 0 Å². The molecule has 0 aromatic heterocycles. The number of rotatable bonds is 5. The lowest BCUT2D eigenvalue weighted by Gasteiger charge is -2.18. The molecule has 2 nitrogen and oxygen atoms in total. The van der Waals surface area contributed by atoms with Crippen molar-refractivity contribution in [1.29, 1.82) is 0 Å². The predicted octanol–water partition coefficient (Wildman–Crippen LogP) is 2.72. The maximum atomic E-state index is 6.15. The number of nitrogens with one attached hydrogen (secondary N) is 1. The van der Waals surface area contributed by atoms with Gasteiger partial charge in [0.1, 0.15) is 0 Å². The molecular weight excluding hydrogens is 288 g/mol. The van der Waals surface area contributed by atoms with E-state index in [4.69, 9.17) is 23.8 Å². The molecule has 0 saturated carbocycles. The van der Waals surface area contributed by atoms with E-state index in [1.807, 2.05) is 18.2 Å². The zero-order chi connectivity index (χ0) is 12.0. The van der Waals surface area contributed by atoms with Gasteiger partial charge in [0, 0.05) is 35.0 Å². The van der Waals surface area contributed by atoms with Crippen LogP contribution in [0.5, 0.6) is 0 Å². The first-order valence-corrected chi connectivity index (χ1v) is 6.18. The Labute approximate surface area is 110 Å². The first kappa shape index (κ1) is 13.5. The molecule has 86 valence electrons. The van der Waals surface area contributed by atoms with E-state index in [0.717, 1.165) is 16.6 Å². The summed E-state index contributed by atoms with van der Waals surface area (Å²) in [4.78, 5) is 0. The Morgan fingerprint density at radius 3 is 2.88 bits per heavy atom. The van der Waals surface area contributed by atoms with E-state index in [9.17, 15) is 0 Å². The van der Waals surface area contributed by atoms with Gasteiger partial charge in [-0.15, -0.1) is 12.3 Å². The van der Waals surface area contributed by atoms with Crippen molar-refractivity contribution >= 4 is 27.5 Å². The van der Waals surface area contributed by atoms with Crippen molar-refractivity contribution in [2.24, 2.45) is 5.73 Å². The molecule has 0 fully saturated rings. The molecule has 0 aliphatic rings. The Morgan fingerprint density at radius 1 is 1.56 bits per heavy atom. The van der Waals surface area contributed by atoms with Crippen molar-refractivity contribution in [2.45, 2.75) is 12.5 Å². The SMILES string of the molecule is C#CCCNC(CN)c1ccc(Br)cc1Cl. The molecule has 0 bridgehead atoms. The minimum absolute atomic E-state index is 0.0500. The van der Waals surface area contributed by atoms with Crippen LogP contribution in [0.3, 0.4) is 0 Å². The van der Waals surface area contributed by atoms with Crippen LogP contribution in [0.2, 0.25) is 5.02 Å². The summed E-state index contributed by atoms with van der Waals surface area (Å²) in [7, 11) is 0. The molecule has 1 aromatic rings. The van der Waals surface area contributed by atoms with Gasteiger partial charge in [-0.05, 0) is 17.7 Å². The fraction of sp³-hybridized carbons (Fsp3) is 0.333. The van der Waals surface area contributed by atoms with E-state index in [-0.39, 0.29) is 6.04 Å². The van der Waals surface area contributed by atoms with Crippen molar-refractivity contribution < 1.29 is 0 Å². The van der Waals surface area contributed by atoms with Gasteiger partial charge >= 0.3 is 0 Å². The smallest absolute Gasteiger partial charge is 0.0465 e. The quantitative estimate of drug-likeness (QED) is 0.648. The molecule has 1 unspecified atom stereocenters. The van der Waals surface area contributed by atoms with Gasteiger partial charge in [-0.1, -0.05) is 33.6 Å². The minimum atomic E-state index is 0.0500. The summed E-state index contributed by atoms with van der Waals surface area (Å²) in [6, 6.07) is 5.83. The van der Waals surface area contributed by atoms with Crippen LogP contribution in [0.4, 0.5) is 0 Å². The summed E-state index contributed by atoms with van der Waals surface area (Å²) < 4.78 is 0.959. The summed E-state index contributed by atoms with van der Waals surface area (Å²) in [5, 5.41) is 3.99. The van der Waals surface area contributed by atoms with Gasteiger partial charge in [-0.3, -0.25) is 0 Å². The first-order valence-electron chi connectivity index (χ1n) is 5.01. The second-order valence-corrected chi connectivity index (χ2v) is 4.69. The highest BCUT2D eigenvalue weighted by Crippen LogP contribution is 2.25. The van der Waals surface area contributed by atoms with E-state index in [2.05, 4.69) is 27.2 Å². The van der Waals surface area contributed by atoms with Crippen LogP contribution in [-0.2, 0) is 0 Å². The highest BCUT2D eigenvalue weighted by atomic mass is 79.9. The monoisotopic (exact) mass is 300 g/mol. The second kappa shape index (κ2) is 6.93. The van der Waals surface area contributed by atoms with E-state index < -0.39 is 0 Å². The standard InChI is InChI=1S/C12H14BrClN2/c1-2-3-6-16-12(8-15)10-5-4-9(13)7-11(10)14/h1,4-5,7,12,16H,3,6,8,15H2. The Morgan fingerprint density at radius 2 is 2.31 bits per heavy atom. The van der Waals surface area contributed by atoms with Gasteiger partial charge in [0.2, 0.25) is 0 Å². The highest BCUT2D eigenvalue weighted by molar-refractivity contribution is 9.10. The van der Waals surface area contributed by atoms with Gasteiger partial charge in [0.25, 0.3) is 0 Å². The lowest BCUT2D eigenvalue weighted by molar-refractivity contribution is 0.551. The van der Waals surface area contributed by atoms with Crippen molar-refractivity contribution in [3.8, 4) is 12.3 Å². The van der Waals surface area contributed by atoms with Gasteiger partial charge in [0.05, 0.1) is 0 Å². The zero-order valence-corrected chi connectivity index (χ0v) is 11.2. The molecule has 16 heavy (non-hydrogen) atoms. The molecule has 3 N–H and O–H groups in total. The first-order chi connectivity index (χ1) is 7.69. The number of benzene rings is 1. The van der Waals surface area contributed by atoms with Crippen molar-refractivity contribution in [3.05, 3.63) is 33.3 Å². The summed E-state index contributed by atoms with van der Waals surface area (Å²) >= 11 is 9.52. The van der Waals surface area contributed by atoms with Crippen LogP contribution in [0.15, 0.2) is 22.7 Å². The molecule has 0 heterocycles. The molecule has 1 rings (SSSR count). The number of terminal acetylenes is 1. The lowest BCUT2D eigenvalue weighted by atomic mass is 10.1. The molecule has 0 saturated heterocycles. The third-order valence-electron chi connectivity index (χ3n) is 2.23. The fourth-order valence-electron chi connectivity index (χ4n) is 1.42. The van der Waals surface area contributed by atoms with Crippen molar-refractivity contribution in [2.75, 3.05) is 13.1 Å². The second-order valence-electron chi connectivity index (χ2n) is 3.36. The third kappa shape index (κ3) is 3.80. The maximum absolute atomic E-state index is 6.15. The van der Waals surface area contributed by atoms with Crippen molar-refractivity contribution in [1.82, 2.24) is 5.32 Å². The minimum Gasteiger partial charge on any atom is -0.329 e. The van der Waals surface area contributed by atoms with E-state index in [1.54, 1.807) is 0 Å². The average molecular weight is 302 g/mol. The number of halogens is 2.